The molecule has 1 aliphatic rings. The first-order chi connectivity index (χ1) is 11.1. The summed E-state index contributed by atoms with van der Waals surface area (Å²) in [4.78, 5) is 35.4. The minimum atomic E-state index is -0.267. The summed E-state index contributed by atoms with van der Waals surface area (Å²) in [5.74, 6) is -0.267. The molecule has 0 atom stereocenters. The van der Waals surface area contributed by atoms with Gasteiger partial charge < -0.3 is 19.9 Å². The van der Waals surface area contributed by atoms with Gasteiger partial charge in [-0.05, 0) is 18.9 Å². The number of ether oxygens (including phenoxy) is 1. The fraction of sp³-hybridized carbons (Fsp3) is 0.600. The van der Waals surface area contributed by atoms with E-state index in [0.717, 1.165) is 12.8 Å². The van der Waals surface area contributed by atoms with Crippen LogP contribution in [0.5, 0.6) is 0 Å². The third kappa shape index (κ3) is 4.88. The Labute approximate surface area is 135 Å². The summed E-state index contributed by atoms with van der Waals surface area (Å²) in [6, 6.07) is 1.65. The maximum absolute atomic E-state index is 12.4. The van der Waals surface area contributed by atoms with Crippen molar-refractivity contribution < 1.29 is 14.3 Å². The predicted octanol–water partition coefficient (Wildman–Crippen LogP) is 0.369. The average Bonchev–Trinajstić information content (AvgIpc) is 2.59. The largest absolute Gasteiger partial charge is 0.381 e. The number of urea groups is 1. The van der Waals surface area contributed by atoms with Crippen LogP contribution >= 0.6 is 0 Å². The van der Waals surface area contributed by atoms with Crippen molar-refractivity contribution in [3.8, 4) is 0 Å². The van der Waals surface area contributed by atoms with E-state index < -0.39 is 0 Å². The van der Waals surface area contributed by atoms with Crippen LogP contribution in [0, 0.1) is 0 Å². The van der Waals surface area contributed by atoms with Crippen molar-refractivity contribution in [1.82, 2.24) is 25.1 Å². The fourth-order valence-corrected chi connectivity index (χ4v) is 2.49. The first-order valence-electron chi connectivity index (χ1n) is 7.69. The number of carbonyl (C=O) groups is 2. The monoisotopic (exact) mass is 321 g/mol. The van der Waals surface area contributed by atoms with Crippen molar-refractivity contribution in [3.05, 3.63) is 24.3 Å². The number of hydrogen-bond donors (Lipinski definition) is 1. The molecule has 1 aromatic rings. The van der Waals surface area contributed by atoms with E-state index in [1.54, 1.807) is 25.1 Å². The highest BCUT2D eigenvalue weighted by molar-refractivity contribution is 5.92. The van der Waals surface area contributed by atoms with E-state index in [1.165, 1.54) is 12.5 Å². The molecule has 1 saturated heterocycles. The van der Waals surface area contributed by atoms with Crippen LogP contribution in [0.1, 0.15) is 23.3 Å². The van der Waals surface area contributed by atoms with E-state index in [1.807, 2.05) is 4.90 Å². The lowest BCUT2D eigenvalue weighted by atomic mass is 10.1. The van der Waals surface area contributed by atoms with Crippen molar-refractivity contribution in [2.75, 3.05) is 40.4 Å². The second-order valence-corrected chi connectivity index (χ2v) is 5.56. The van der Waals surface area contributed by atoms with Gasteiger partial charge in [-0.25, -0.2) is 14.8 Å². The number of aromatic nitrogens is 2. The lowest BCUT2D eigenvalue weighted by molar-refractivity contribution is 0.0415. The van der Waals surface area contributed by atoms with Gasteiger partial charge in [0.1, 0.15) is 12.0 Å². The minimum absolute atomic E-state index is 0.0480. The van der Waals surface area contributed by atoms with E-state index >= 15 is 0 Å². The Morgan fingerprint density at radius 3 is 2.70 bits per heavy atom. The van der Waals surface area contributed by atoms with Crippen molar-refractivity contribution in [1.29, 1.82) is 0 Å². The number of nitrogens with zero attached hydrogens (tertiary/aromatic N) is 4. The SMILES string of the molecule is CN(C)C(=O)N(CCNC(=O)c1ccncn1)C1CCOCC1. The Kier molecular flexibility index (Phi) is 6.28. The quantitative estimate of drug-likeness (QED) is 0.846. The molecule has 8 heteroatoms. The van der Waals surface area contributed by atoms with Gasteiger partial charge >= 0.3 is 6.03 Å². The summed E-state index contributed by atoms with van der Waals surface area (Å²) < 4.78 is 5.36. The van der Waals surface area contributed by atoms with Gasteiger partial charge in [0.2, 0.25) is 0 Å². The van der Waals surface area contributed by atoms with E-state index in [9.17, 15) is 9.59 Å². The number of hydrogen-bond acceptors (Lipinski definition) is 5. The van der Waals surface area contributed by atoms with Crippen molar-refractivity contribution in [3.63, 3.8) is 0 Å². The molecule has 0 bridgehead atoms. The Morgan fingerprint density at radius 1 is 1.35 bits per heavy atom. The summed E-state index contributed by atoms with van der Waals surface area (Å²) in [5, 5.41) is 2.79. The van der Waals surface area contributed by atoms with Crippen LogP contribution in [0.4, 0.5) is 4.79 Å². The molecule has 1 N–H and O–H groups in total. The van der Waals surface area contributed by atoms with Crippen molar-refractivity contribution in [2.24, 2.45) is 0 Å². The molecule has 2 heterocycles. The Hall–Kier alpha value is -2.22. The second-order valence-electron chi connectivity index (χ2n) is 5.56. The maximum atomic E-state index is 12.4. The van der Waals surface area contributed by atoms with E-state index in [0.29, 0.717) is 32.0 Å². The molecule has 0 saturated carbocycles. The highest BCUT2D eigenvalue weighted by Gasteiger charge is 2.26. The van der Waals surface area contributed by atoms with Gasteiger partial charge in [-0.15, -0.1) is 0 Å². The molecule has 1 aliphatic heterocycles. The van der Waals surface area contributed by atoms with Crippen LogP contribution in [-0.2, 0) is 4.74 Å². The second kappa shape index (κ2) is 8.42. The summed E-state index contributed by atoms with van der Waals surface area (Å²) in [5.41, 5.74) is 0.316. The number of nitrogens with one attached hydrogen (secondary N) is 1. The number of amides is 3. The third-order valence-electron chi connectivity index (χ3n) is 3.71. The lowest BCUT2D eigenvalue weighted by Gasteiger charge is -2.36. The van der Waals surface area contributed by atoms with E-state index in [-0.39, 0.29) is 18.0 Å². The van der Waals surface area contributed by atoms with Gasteiger partial charge in [0.25, 0.3) is 5.91 Å². The van der Waals surface area contributed by atoms with Crippen LogP contribution < -0.4 is 5.32 Å². The lowest BCUT2D eigenvalue weighted by Crippen LogP contribution is -2.50. The fourth-order valence-electron chi connectivity index (χ4n) is 2.49. The molecule has 2 rings (SSSR count). The minimum Gasteiger partial charge on any atom is -0.381 e. The van der Waals surface area contributed by atoms with Crippen LogP contribution in [0.2, 0.25) is 0 Å². The van der Waals surface area contributed by atoms with Crippen LogP contribution in [0.3, 0.4) is 0 Å². The normalized spacial score (nSPS) is 15.0. The molecular formula is C15H23N5O3. The van der Waals surface area contributed by atoms with Gasteiger partial charge in [-0.1, -0.05) is 0 Å². The van der Waals surface area contributed by atoms with Gasteiger partial charge in [-0.2, -0.15) is 0 Å². The van der Waals surface area contributed by atoms with E-state index in [4.69, 9.17) is 4.74 Å². The van der Waals surface area contributed by atoms with Crippen LogP contribution in [-0.4, -0.2) is 78.1 Å². The molecule has 1 aromatic heterocycles. The molecule has 0 unspecified atom stereocenters. The van der Waals surface area contributed by atoms with E-state index in [2.05, 4.69) is 15.3 Å². The molecule has 3 amide bonds. The zero-order valence-corrected chi connectivity index (χ0v) is 13.6. The van der Waals surface area contributed by atoms with Gasteiger partial charge in [0, 0.05) is 52.6 Å². The molecule has 8 nitrogen and oxygen atoms in total. The highest BCUT2D eigenvalue weighted by atomic mass is 16.5. The van der Waals surface area contributed by atoms with Crippen LogP contribution in [0.15, 0.2) is 18.6 Å². The molecule has 126 valence electrons. The number of rotatable bonds is 5. The van der Waals surface area contributed by atoms with Crippen LogP contribution in [0.25, 0.3) is 0 Å². The first-order valence-corrected chi connectivity index (χ1v) is 7.69. The number of carbonyl (C=O) groups excluding carboxylic acids is 2. The predicted molar refractivity (Wildman–Crippen MR) is 84.0 cm³/mol. The highest BCUT2D eigenvalue weighted by Crippen LogP contribution is 2.15. The Morgan fingerprint density at radius 2 is 2.09 bits per heavy atom. The Bertz CT molecular complexity index is 517. The molecular weight excluding hydrogens is 298 g/mol. The summed E-state index contributed by atoms with van der Waals surface area (Å²) in [7, 11) is 3.46. The molecule has 0 radical (unpaired) electrons. The van der Waals surface area contributed by atoms with Crippen molar-refractivity contribution in [2.45, 2.75) is 18.9 Å². The standard InChI is InChI=1S/C15H23N5O3/c1-19(2)15(22)20(12-4-9-23-10-5-12)8-7-17-14(21)13-3-6-16-11-18-13/h3,6,11-12H,4-5,7-10H2,1-2H3,(H,17,21). The topological polar surface area (TPSA) is 87.7 Å². The zero-order chi connectivity index (χ0) is 16.7. The molecule has 0 aromatic carbocycles. The summed E-state index contributed by atoms with van der Waals surface area (Å²) >= 11 is 0. The average molecular weight is 321 g/mol. The maximum Gasteiger partial charge on any atom is 0.319 e. The van der Waals surface area contributed by atoms with Gasteiger partial charge in [-0.3, -0.25) is 4.79 Å². The molecule has 1 fully saturated rings. The molecule has 0 spiro atoms. The molecule has 0 aliphatic carbocycles. The van der Waals surface area contributed by atoms with Crippen molar-refractivity contribution >= 4 is 11.9 Å². The molecule has 23 heavy (non-hydrogen) atoms. The summed E-state index contributed by atoms with van der Waals surface area (Å²) in [6.45, 7) is 2.16. The smallest absolute Gasteiger partial charge is 0.319 e. The Balaban J connectivity index is 1.90. The first kappa shape index (κ1) is 17.1. The van der Waals surface area contributed by atoms with Gasteiger partial charge in [0.15, 0.2) is 0 Å². The zero-order valence-electron chi connectivity index (χ0n) is 13.6. The third-order valence-corrected chi connectivity index (χ3v) is 3.71. The summed E-state index contributed by atoms with van der Waals surface area (Å²) in [6.07, 6.45) is 4.49. The van der Waals surface area contributed by atoms with Gasteiger partial charge in [0.05, 0.1) is 0 Å².